The third-order valence-electron chi connectivity index (χ3n) is 5.30. The number of nitrogens with one attached hydrogen (secondary N) is 1. The average Bonchev–Trinajstić information content (AvgIpc) is 3.33. The number of halogens is 2. The Morgan fingerprint density at radius 1 is 1.41 bits per heavy atom. The third-order valence-corrected chi connectivity index (χ3v) is 6.14. The molecule has 0 bridgehead atoms. The minimum absolute atomic E-state index is 0.0487. The highest BCUT2D eigenvalue weighted by Crippen LogP contribution is 2.48. The number of fused-ring (bicyclic) bond motifs is 1. The molecule has 0 spiro atoms. The summed E-state index contributed by atoms with van der Waals surface area (Å²) in [6.07, 6.45) is 3.54. The Balaban J connectivity index is 1.64. The first kappa shape index (κ1) is 19.8. The molecule has 1 aromatic carbocycles. The van der Waals surface area contributed by atoms with Crippen LogP contribution in [0.2, 0.25) is 0 Å². The van der Waals surface area contributed by atoms with E-state index in [9.17, 15) is 9.18 Å². The second-order valence-electron chi connectivity index (χ2n) is 7.52. The minimum atomic E-state index is -0.429. The van der Waals surface area contributed by atoms with Crippen molar-refractivity contribution in [2.45, 2.75) is 38.3 Å². The smallest absolute Gasteiger partial charge is 0.228 e. The molecule has 7 nitrogen and oxygen atoms in total. The lowest BCUT2D eigenvalue weighted by molar-refractivity contribution is -0.115. The van der Waals surface area contributed by atoms with Crippen LogP contribution in [-0.4, -0.2) is 27.6 Å². The zero-order chi connectivity index (χ0) is 20.8. The van der Waals surface area contributed by atoms with Gasteiger partial charge in [-0.3, -0.25) is 4.79 Å². The van der Waals surface area contributed by atoms with Gasteiger partial charge in [0.15, 0.2) is 0 Å². The summed E-state index contributed by atoms with van der Waals surface area (Å²) in [7, 11) is 1.50. The van der Waals surface area contributed by atoms with Crippen LogP contribution in [0.15, 0.2) is 29.1 Å². The Morgan fingerprint density at radius 2 is 2.17 bits per heavy atom. The Morgan fingerprint density at radius 3 is 2.83 bits per heavy atom. The van der Waals surface area contributed by atoms with Gasteiger partial charge in [-0.25, -0.2) is 14.4 Å². The molecule has 0 unspecified atom stereocenters. The van der Waals surface area contributed by atoms with Gasteiger partial charge in [-0.05, 0) is 47.8 Å². The van der Waals surface area contributed by atoms with Gasteiger partial charge >= 0.3 is 0 Å². The van der Waals surface area contributed by atoms with Gasteiger partial charge < -0.3 is 20.4 Å². The monoisotopic (exact) mass is 461 g/mol. The van der Waals surface area contributed by atoms with Crippen molar-refractivity contribution in [3.63, 3.8) is 0 Å². The van der Waals surface area contributed by atoms with Crippen LogP contribution in [0.5, 0.6) is 0 Å². The van der Waals surface area contributed by atoms with Crippen LogP contribution < -0.4 is 11.1 Å². The largest absolute Gasteiger partial charge is 0.383 e. The molecule has 4 rings (SSSR count). The first-order chi connectivity index (χ1) is 13.8. The Kier molecular flexibility index (Phi) is 5.04. The molecular formula is C20H21BrFN5O2. The van der Waals surface area contributed by atoms with E-state index in [1.54, 1.807) is 12.1 Å². The summed E-state index contributed by atoms with van der Waals surface area (Å²) < 4.78 is 21.9. The lowest BCUT2D eigenvalue weighted by Gasteiger charge is -2.14. The number of anilines is 2. The van der Waals surface area contributed by atoms with Crippen LogP contribution in [0.4, 0.5) is 15.9 Å². The summed E-state index contributed by atoms with van der Waals surface area (Å²) >= 11 is 3.64. The van der Waals surface area contributed by atoms with Crippen molar-refractivity contribution in [3.05, 3.63) is 46.1 Å². The molecule has 0 radical (unpaired) electrons. The molecule has 3 N–H and O–H groups in total. The van der Waals surface area contributed by atoms with E-state index in [0.29, 0.717) is 28.1 Å². The Bertz CT molecular complexity index is 1110. The molecule has 29 heavy (non-hydrogen) atoms. The van der Waals surface area contributed by atoms with Crippen LogP contribution in [0.25, 0.3) is 11.0 Å². The molecule has 2 heterocycles. The molecule has 3 aromatic rings. The first-order valence-electron chi connectivity index (χ1n) is 9.21. The zero-order valence-electron chi connectivity index (χ0n) is 16.1. The van der Waals surface area contributed by atoms with E-state index in [1.165, 1.54) is 19.5 Å². The summed E-state index contributed by atoms with van der Waals surface area (Å²) in [5.41, 5.74) is 8.31. The summed E-state index contributed by atoms with van der Waals surface area (Å²) in [4.78, 5) is 21.2. The number of methoxy groups -OCH3 is 1. The Hall–Kier alpha value is -2.52. The minimum Gasteiger partial charge on any atom is -0.383 e. The molecule has 1 saturated carbocycles. The SMILES string of the molecule is COCc1ccc(NC(=O)Cc2c(Br)n(C3(C)CC3)c3ncnc(N)c23)cc1F. The maximum absolute atomic E-state index is 14.1. The third kappa shape index (κ3) is 3.60. The van der Waals surface area contributed by atoms with Gasteiger partial charge in [-0.15, -0.1) is 0 Å². The summed E-state index contributed by atoms with van der Waals surface area (Å²) in [6.45, 7) is 2.31. The van der Waals surface area contributed by atoms with Crippen molar-refractivity contribution in [2.24, 2.45) is 0 Å². The molecule has 1 aliphatic carbocycles. The predicted octanol–water partition coefficient (Wildman–Crippen LogP) is 3.75. The van der Waals surface area contributed by atoms with Gasteiger partial charge in [0.25, 0.3) is 0 Å². The number of carbonyl (C=O) groups is 1. The molecular weight excluding hydrogens is 441 g/mol. The van der Waals surface area contributed by atoms with E-state index in [4.69, 9.17) is 10.5 Å². The average molecular weight is 462 g/mol. The van der Waals surface area contributed by atoms with Crippen molar-refractivity contribution in [1.29, 1.82) is 0 Å². The number of rotatable bonds is 6. The molecule has 1 aliphatic rings. The van der Waals surface area contributed by atoms with Crippen LogP contribution in [-0.2, 0) is 28.1 Å². The van der Waals surface area contributed by atoms with Gasteiger partial charge in [0.1, 0.15) is 23.6 Å². The van der Waals surface area contributed by atoms with E-state index >= 15 is 0 Å². The summed E-state index contributed by atoms with van der Waals surface area (Å²) in [5.74, 6) is -0.383. The predicted molar refractivity (Wildman–Crippen MR) is 112 cm³/mol. The van der Waals surface area contributed by atoms with Gasteiger partial charge in [0, 0.05) is 29.5 Å². The number of benzene rings is 1. The number of amides is 1. The topological polar surface area (TPSA) is 95.1 Å². The number of nitrogens with zero attached hydrogens (tertiary/aromatic N) is 3. The van der Waals surface area contributed by atoms with Crippen LogP contribution >= 0.6 is 15.9 Å². The highest BCUT2D eigenvalue weighted by Gasteiger charge is 2.43. The van der Waals surface area contributed by atoms with Crippen LogP contribution in [0, 0.1) is 5.82 Å². The van der Waals surface area contributed by atoms with Crippen molar-refractivity contribution in [3.8, 4) is 0 Å². The fourth-order valence-electron chi connectivity index (χ4n) is 3.50. The van der Waals surface area contributed by atoms with Crippen LogP contribution in [0.1, 0.15) is 30.9 Å². The van der Waals surface area contributed by atoms with E-state index < -0.39 is 5.82 Å². The number of carbonyl (C=O) groups excluding carboxylic acids is 1. The van der Waals surface area contributed by atoms with E-state index in [1.807, 2.05) is 0 Å². The normalized spacial score (nSPS) is 14.9. The van der Waals surface area contributed by atoms with E-state index in [2.05, 4.69) is 42.7 Å². The van der Waals surface area contributed by atoms with Gasteiger partial charge in [0.05, 0.1) is 23.0 Å². The fourth-order valence-corrected chi connectivity index (χ4v) is 4.44. The van der Waals surface area contributed by atoms with Gasteiger partial charge in [0.2, 0.25) is 5.91 Å². The maximum Gasteiger partial charge on any atom is 0.228 e. The highest BCUT2D eigenvalue weighted by molar-refractivity contribution is 9.10. The molecule has 1 amide bonds. The van der Waals surface area contributed by atoms with Crippen molar-refractivity contribution >= 4 is 44.4 Å². The standard InChI is InChI=1S/C20H21BrFN5O2/c1-20(5-6-20)27-17(21)13(16-18(23)24-10-25-19(16)27)8-15(28)26-12-4-3-11(9-29-2)14(22)7-12/h3-4,7,10H,5-6,8-9H2,1-2H3,(H,26,28)(H2,23,24,25). The molecule has 152 valence electrons. The lowest BCUT2D eigenvalue weighted by atomic mass is 10.1. The number of nitrogens with two attached hydrogens (primary N) is 1. The molecule has 9 heteroatoms. The molecule has 1 fully saturated rings. The van der Waals surface area contributed by atoms with Crippen molar-refractivity contribution in [2.75, 3.05) is 18.2 Å². The van der Waals surface area contributed by atoms with Gasteiger partial charge in [-0.2, -0.15) is 0 Å². The number of hydrogen-bond acceptors (Lipinski definition) is 5. The molecule has 0 atom stereocenters. The molecule has 0 saturated heterocycles. The number of hydrogen-bond donors (Lipinski definition) is 2. The van der Waals surface area contributed by atoms with Crippen molar-refractivity contribution < 1.29 is 13.9 Å². The summed E-state index contributed by atoms with van der Waals surface area (Å²) in [6, 6.07) is 4.53. The van der Waals surface area contributed by atoms with Crippen LogP contribution in [0.3, 0.4) is 0 Å². The van der Waals surface area contributed by atoms with E-state index in [-0.39, 0.29) is 24.5 Å². The second-order valence-corrected chi connectivity index (χ2v) is 8.27. The van der Waals surface area contributed by atoms with E-state index in [0.717, 1.165) is 23.0 Å². The lowest BCUT2D eigenvalue weighted by Crippen LogP contribution is -2.16. The van der Waals surface area contributed by atoms with Crippen molar-refractivity contribution in [1.82, 2.24) is 14.5 Å². The zero-order valence-corrected chi connectivity index (χ0v) is 17.7. The second kappa shape index (κ2) is 7.38. The number of aromatic nitrogens is 3. The number of nitrogen functional groups attached to an aromatic ring is 1. The quantitative estimate of drug-likeness (QED) is 0.582. The molecule has 2 aromatic heterocycles. The van der Waals surface area contributed by atoms with Gasteiger partial charge in [-0.1, -0.05) is 6.07 Å². The highest BCUT2D eigenvalue weighted by atomic mass is 79.9. The Labute approximate surface area is 175 Å². The fraction of sp³-hybridized carbons (Fsp3) is 0.350. The maximum atomic E-state index is 14.1. The molecule has 0 aliphatic heterocycles. The summed E-state index contributed by atoms with van der Waals surface area (Å²) in [5, 5.41) is 3.41. The number of ether oxygens (including phenoxy) is 1. The first-order valence-corrected chi connectivity index (χ1v) is 10.0.